The molecule has 0 aliphatic rings. The number of sulfonamides is 1. The average Bonchev–Trinajstić information content (AvgIpc) is 2.61. The van der Waals surface area contributed by atoms with Crippen molar-refractivity contribution in [3.8, 4) is 0 Å². The van der Waals surface area contributed by atoms with Gasteiger partial charge in [0.15, 0.2) is 0 Å². The fraction of sp³-hybridized carbons (Fsp3) is 0.316. The Labute approximate surface area is 159 Å². The lowest BCUT2D eigenvalue weighted by atomic mass is 10.1. The molecule has 2 N–H and O–H groups in total. The summed E-state index contributed by atoms with van der Waals surface area (Å²) in [7, 11) is -3.72. The summed E-state index contributed by atoms with van der Waals surface area (Å²) in [5.74, 6) is -0.346. The lowest BCUT2D eigenvalue weighted by molar-refractivity contribution is -0.118. The van der Waals surface area contributed by atoms with Crippen LogP contribution in [0.3, 0.4) is 0 Å². The first-order valence-electron chi connectivity index (χ1n) is 8.30. The molecule has 0 unspecified atom stereocenters. The Bertz CT molecular complexity index is 866. The van der Waals surface area contributed by atoms with Crippen molar-refractivity contribution in [1.29, 1.82) is 0 Å². The predicted molar refractivity (Wildman–Crippen MR) is 107 cm³/mol. The smallest absolute Gasteiger partial charge is 0.241 e. The van der Waals surface area contributed by atoms with Crippen LogP contribution in [-0.2, 0) is 14.8 Å². The van der Waals surface area contributed by atoms with Crippen LogP contribution in [0.5, 0.6) is 0 Å². The van der Waals surface area contributed by atoms with E-state index in [9.17, 15) is 13.2 Å². The Balaban J connectivity index is 2.30. The van der Waals surface area contributed by atoms with Gasteiger partial charge in [-0.1, -0.05) is 44.2 Å². The molecule has 0 radical (unpaired) electrons. The van der Waals surface area contributed by atoms with E-state index in [2.05, 4.69) is 10.0 Å². The van der Waals surface area contributed by atoms with Crippen LogP contribution in [0.15, 0.2) is 58.3 Å². The fourth-order valence-electron chi connectivity index (χ4n) is 2.34. The molecule has 7 heteroatoms. The van der Waals surface area contributed by atoms with Gasteiger partial charge in [0, 0.05) is 16.9 Å². The van der Waals surface area contributed by atoms with Crippen LogP contribution in [0, 0.1) is 5.92 Å². The molecule has 0 aromatic heterocycles. The molecular weight excluding hydrogens is 368 g/mol. The van der Waals surface area contributed by atoms with Crippen molar-refractivity contribution in [3.63, 3.8) is 0 Å². The largest absolute Gasteiger partial charge is 0.325 e. The molecule has 0 saturated carbocycles. The summed E-state index contributed by atoms with van der Waals surface area (Å²) in [5.41, 5.74) is 1.39. The maximum absolute atomic E-state index is 12.8. The van der Waals surface area contributed by atoms with Gasteiger partial charge in [-0.05, 0) is 36.9 Å². The predicted octanol–water partition coefficient (Wildman–Crippen LogP) is 4.04. The number of carbonyl (C=O) groups is 1. The maximum Gasteiger partial charge on any atom is 0.241 e. The highest BCUT2D eigenvalue weighted by molar-refractivity contribution is 7.98. The first-order chi connectivity index (χ1) is 12.2. The van der Waals surface area contributed by atoms with Gasteiger partial charge in [-0.2, -0.15) is 0 Å². The molecule has 0 spiro atoms. The summed E-state index contributed by atoms with van der Waals surface area (Å²) in [4.78, 5) is 13.0. The fourth-order valence-corrected chi connectivity index (χ4v) is 4.13. The van der Waals surface area contributed by atoms with Crippen LogP contribution in [0.2, 0.25) is 0 Å². The van der Waals surface area contributed by atoms with Crippen LogP contribution in [0.1, 0.15) is 32.4 Å². The molecular formula is C19H24N2O3S2. The second-order valence-electron chi connectivity index (χ2n) is 6.26. The number of benzene rings is 2. The van der Waals surface area contributed by atoms with E-state index in [1.165, 1.54) is 17.8 Å². The zero-order valence-electron chi connectivity index (χ0n) is 15.3. The van der Waals surface area contributed by atoms with Crippen molar-refractivity contribution in [2.45, 2.75) is 36.6 Å². The molecule has 0 fully saturated rings. The van der Waals surface area contributed by atoms with Gasteiger partial charge in [-0.15, -0.1) is 11.8 Å². The van der Waals surface area contributed by atoms with E-state index >= 15 is 0 Å². The van der Waals surface area contributed by atoms with E-state index < -0.39 is 10.0 Å². The molecule has 26 heavy (non-hydrogen) atoms. The molecule has 0 saturated heterocycles. The highest BCUT2D eigenvalue weighted by Crippen LogP contribution is 2.29. The number of hydrogen-bond acceptors (Lipinski definition) is 4. The Morgan fingerprint density at radius 3 is 2.27 bits per heavy atom. The minimum absolute atomic E-state index is 0.122. The van der Waals surface area contributed by atoms with Crippen LogP contribution in [0.4, 0.5) is 5.69 Å². The van der Waals surface area contributed by atoms with Gasteiger partial charge in [0.2, 0.25) is 15.9 Å². The van der Waals surface area contributed by atoms with Crippen LogP contribution in [0.25, 0.3) is 0 Å². The molecule has 0 bridgehead atoms. The van der Waals surface area contributed by atoms with Crippen LogP contribution < -0.4 is 10.0 Å². The van der Waals surface area contributed by atoms with E-state index in [0.717, 1.165) is 10.5 Å². The Morgan fingerprint density at radius 2 is 1.69 bits per heavy atom. The molecule has 1 atom stereocenters. The number of amides is 1. The molecule has 2 aromatic rings. The van der Waals surface area contributed by atoms with E-state index in [0.29, 0.717) is 5.69 Å². The van der Waals surface area contributed by atoms with Crippen molar-refractivity contribution >= 4 is 33.4 Å². The Morgan fingerprint density at radius 1 is 1.04 bits per heavy atom. The molecule has 0 aliphatic heterocycles. The molecule has 0 aliphatic carbocycles. The second-order valence-corrected chi connectivity index (χ2v) is 8.82. The van der Waals surface area contributed by atoms with E-state index in [-0.39, 0.29) is 22.8 Å². The number of thioether (sulfide) groups is 1. The van der Waals surface area contributed by atoms with Crippen molar-refractivity contribution in [3.05, 3.63) is 54.1 Å². The van der Waals surface area contributed by atoms with Crippen molar-refractivity contribution in [2.24, 2.45) is 5.92 Å². The summed E-state index contributed by atoms with van der Waals surface area (Å²) in [6.07, 6.45) is 1.88. The van der Waals surface area contributed by atoms with E-state index in [1.807, 2.05) is 36.6 Å². The minimum Gasteiger partial charge on any atom is -0.325 e. The third kappa shape index (κ3) is 5.09. The first-order valence-corrected chi connectivity index (χ1v) is 11.0. The van der Waals surface area contributed by atoms with Crippen LogP contribution >= 0.6 is 11.8 Å². The number of hydrogen-bond donors (Lipinski definition) is 2. The number of rotatable bonds is 7. The van der Waals surface area contributed by atoms with Gasteiger partial charge in [0.05, 0.1) is 10.6 Å². The SMILES string of the molecule is CSc1ccc(S(=O)(=O)N[C@H](C)c2ccccc2)cc1NC(=O)C(C)C. The van der Waals surface area contributed by atoms with Gasteiger partial charge in [0.1, 0.15) is 0 Å². The van der Waals surface area contributed by atoms with Gasteiger partial charge in [-0.25, -0.2) is 13.1 Å². The van der Waals surface area contributed by atoms with Gasteiger partial charge >= 0.3 is 0 Å². The summed E-state index contributed by atoms with van der Waals surface area (Å²) in [6, 6.07) is 13.8. The summed E-state index contributed by atoms with van der Waals surface area (Å²) in [6.45, 7) is 5.38. The van der Waals surface area contributed by atoms with Gasteiger partial charge in [-0.3, -0.25) is 4.79 Å². The van der Waals surface area contributed by atoms with Crippen LogP contribution in [-0.4, -0.2) is 20.6 Å². The zero-order valence-corrected chi connectivity index (χ0v) is 16.9. The average molecular weight is 393 g/mol. The van der Waals surface area contributed by atoms with Crippen molar-refractivity contribution in [1.82, 2.24) is 4.72 Å². The van der Waals surface area contributed by atoms with Crippen molar-refractivity contribution < 1.29 is 13.2 Å². The molecule has 140 valence electrons. The summed E-state index contributed by atoms with van der Waals surface area (Å²) >= 11 is 1.45. The minimum atomic E-state index is -3.72. The molecule has 0 heterocycles. The first kappa shape index (κ1) is 20.5. The quantitative estimate of drug-likeness (QED) is 0.697. The topological polar surface area (TPSA) is 75.3 Å². The molecule has 5 nitrogen and oxygen atoms in total. The van der Waals surface area contributed by atoms with Gasteiger partial charge < -0.3 is 5.32 Å². The van der Waals surface area contributed by atoms with Gasteiger partial charge in [0.25, 0.3) is 0 Å². The molecule has 2 aromatic carbocycles. The van der Waals surface area contributed by atoms with E-state index in [4.69, 9.17) is 0 Å². The molecule has 2 rings (SSSR count). The monoisotopic (exact) mass is 392 g/mol. The maximum atomic E-state index is 12.8. The molecule has 1 amide bonds. The highest BCUT2D eigenvalue weighted by Gasteiger charge is 2.20. The second kappa shape index (κ2) is 8.70. The lowest BCUT2D eigenvalue weighted by Crippen LogP contribution is -2.27. The Hall–Kier alpha value is -1.83. The Kier molecular flexibility index (Phi) is 6.86. The third-order valence-electron chi connectivity index (χ3n) is 3.89. The zero-order chi connectivity index (χ0) is 19.3. The third-order valence-corrected chi connectivity index (χ3v) is 6.23. The number of nitrogens with one attached hydrogen (secondary N) is 2. The highest BCUT2D eigenvalue weighted by atomic mass is 32.2. The van der Waals surface area contributed by atoms with Crippen molar-refractivity contribution in [2.75, 3.05) is 11.6 Å². The standard InChI is InChI=1S/C19H24N2O3S2/c1-13(2)19(22)20-17-12-16(10-11-18(17)25-4)26(23,24)21-14(3)15-8-6-5-7-9-15/h5-14,21H,1-4H3,(H,20,22)/t14-/m1/s1. The normalized spacial score (nSPS) is 12.8. The summed E-state index contributed by atoms with van der Waals surface area (Å²) in [5, 5.41) is 2.81. The summed E-state index contributed by atoms with van der Waals surface area (Å²) < 4.78 is 28.2. The van der Waals surface area contributed by atoms with E-state index in [1.54, 1.807) is 32.9 Å². The lowest BCUT2D eigenvalue weighted by Gasteiger charge is -2.17. The number of carbonyl (C=O) groups excluding carboxylic acids is 1. The number of anilines is 1.